The summed E-state index contributed by atoms with van der Waals surface area (Å²) in [4.78, 5) is 2.34. The van der Waals surface area contributed by atoms with Crippen molar-refractivity contribution in [3.8, 4) is 5.75 Å². The summed E-state index contributed by atoms with van der Waals surface area (Å²) < 4.78 is 6.14. The number of rotatable bonds is 2. The molecule has 1 aliphatic carbocycles. The molecule has 2 nitrogen and oxygen atoms in total. The van der Waals surface area contributed by atoms with Crippen LogP contribution in [0.15, 0.2) is 18.2 Å². The van der Waals surface area contributed by atoms with Gasteiger partial charge in [-0.15, -0.1) is 0 Å². The maximum Gasteiger partial charge on any atom is 0.124 e. The van der Waals surface area contributed by atoms with Gasteiger partial charge in [0.15, 0.2) is 0 Å². The van der Waals surface area contributed by atoms with E-state index in [1.54, 1.807) is 0 Å². The second kappa shape index (κ2) is 4.10. The highest BCUT2D eigenvalue weighted by Gasteiger charge is 2.22. The Hall–Kier alpha value is -1.02. The summed E-state index contributed by atoms with van der Waals surface area (Å²) in [5, 5.41) is 0. The number of hydrogen-bond donors (Lipinski definition) is 0. The molecule has 0 saturated heterocycles. The fraction of sp³-hybridized carbons (Fsp3) is 0.571. The van der Waals surface area contributed by atoms with Gasteiger partial charge >= 0.3 is 0 Å². The smallest absolute Gasteiger partial charge is 0.124 e. The minimum absolute atomic E-state index is 0.470. The molecule has 1 aromatic rings. The van der Waals surface area contributed by atoms with Crippen LogP contribution in [-0.2, 0) is 13.1 Å². The number of hydrogen-bond acceptors (Lipinski definition) is 2. The molecule has 1 aliphatic heterocycles. The summed E-state index contributed by atoms with van der Waals surface area (Å²) in [6, 6.07) is 6.49. The molecule has 0 bridgehead atoms. The van der Waals surface area contributed by atoms with Gasteiger partial charge in [0.25, 0.3) is 0 Å². The molecule has 2 aliphatic rings. The van der Waals surface area contributed by atoms with Crippen LogP contribution in [0.5, 0.6) is 5.75 Å². The minimum atomic E-state index is 0.470. The van der Waals surface area contributed by atoms with Crippen LogP contribution in [-0.4, -0.2) is 18.1 Å². The molecule has 16 heavy (non-hydrogen) atoms. The van der Waals surface area contributed by atoms with E-state index in [0.717, 1.165) is 18.8 Å². The number of ether oxygens (including phenoxy) is 1. The molecule has 1 aromatic carbocycles. The summed E-state index contributed by atoms with van der Waals surface area (Å²) >= 11 is 0. The van der Waals surface area contributed by atoms with Crippen molar-refractivity contribution in [3.05, 3.63) is 29.3 Å². The Kier molecular flexibility index (Phi) is 2.60. The molecule has 0 N–H and O–H groups in total. The van der Waals surface area contributed by atoms with Crippen molar-refractivity contribution in [2.45, 2.75) is 44.9 Å². The lowest BCUT2D eigenvalue weighted by molar-refractivity contribution is 0.206. The van der Waals surface area contributed by atoms with Crippen molar-refractivity contribution < 1.29 is 4.74 Å². The van der Waals surface area contributed by atoms with Crippen molar-refractivity contribution in [2.75, 3.05) is 7.05 Å². The molecule has 2 heteroatoms. The van der Waals surface area contributed by atoms with Crippen molar-refractivity contribution in [2.24, 2.45) is 0 Å². The standard InChI is InChI=1S/C14H19NO/c1-15-9-11-5-4-8-14(13(11)10-15)16-12-6-2-3-7-12/h4-5,8,12H,2-3,6-7,9-10H2,1H3. The molecule has 1 heterocycles. The highest BCUT2D eigenvalue weighted by molar-refractivity contribution is 5.42. The molecular formula is C14H19NO. The number of benzene rings is 1. The molecular weight excluding hydrogens is 198 g/mol. The second-order valence-corrected chi connectivity index (χ2v) is 5.09. The summed E-state index contributed by atoms with van der Waals surface area (Å²) in [5.41, 5.74) is 2.86. The Morgan fingerprint density at radius 2 is 2.00 bits per heavy atom. The predicted octanol–water partition coefficient (Wildman–Crippen LogP) is 2.95. The molecule has 0 radical (unpaired) electrons. The topological polar surface area (TPSA) is 12.5 Å². The Morgan fingerprint density at radius 3 is 2.81 bits per heavy atom. The number of fused-ring (bicyclic) bond motifs is 1. The van der Waals surface area contributed by atoms with Crippen LogP contribution in [0.4, 0.5) is 0 Å². The number of nitrogens with zero attached hydrogens (tertiary/aromatic N) is 1. The molecule has 86 valence electrons. The molecule has 0 aromatic heterocycles. The average Bonchev–Trinajstić information content (AvgIpc) is 2.86. The van der Waals surface area contributed by atoms with Crippen molar-refractivity contribution in [1.29, 1.82) is 0 Å². The fourth-order valence-corrected chi connectivity index (χ4v) is 2.85. The van der Waals surface area contributed by atoms with Gasteiger partial charge in [-0.2, -0.15) is 0 Å². The lowest BCUT2D eigenvalue weighted by Crippen LogP contribution is -2.12. The first-order chi connectivity index (χ1) is 7.83. The van der Waals surface area contributed by atoms with E-state index in [2.05, 4.69) is 30.1 Å². The van der Waals surface area contributed by atoms with Gasteiger partial charge in [0, 0.05) is 18.7 Å². The largest absolute Gasteiger partial charge is 0.490 e. The zero-order valence-corrected chi connectivity index (χ0v) is 9.91. The van der Waals surface area contributed by atoms with E-state index in [4.69, 9.17) is 4.74 Å². The van der Waals surface area contributed by atoms with E-state index in [9.17, 15) is 0 Å². The molecule has 0 amide bonds. The van der Waals surface area contributed by atoms with Gasteiger partial charge < -0.3 is 4.74 Å². The summed E-state index contributed by atoms with van der Waals surface area (Å²) in [5.74, 6) is 1.13. The van der Waals surface area contributed by atoms with Gasteiger partial charge in [-0.05, 0) is 44.4 Å². The quantitative estimate of drug-likeness (QED) is 0.755. The lowest BCUT2D eigenvalue weighted by atomic mass is 10.1. The Labute approximate surface area is 97.2 Å². The monoisotopic (exact) mass is 217 g/mol. The first kappa shape index (κ1) is 10.2. The van der Waals surface area contributed by atoms with Gasteiger partial charge in [-0.1, -0.05) is 12.1 Å². The maximum atomic E-state index is 6.14. The van der Waals surface area contributed by atoms with Crippen molar-refractivity contribution in [3.63, 3.8) is 0 Å². The van der Waals surface area contributed by atoms with E-state index >= 15 is 0 Å². The Bertz CT molecular complexity index is 382. The van der Waals surface area contributed by atoms with Crippen LogP contribution in [0.25, 0.3) is 0 Å². The van der Waals surface area contributed by atoms with Crippen LogP contribution >= 0.6 is 0 Å². The maximum absolute atomic E-state index is 6.14. The van der Waals surface area contributed by atoms with Gasteiger partial charge in [-0.3, -0.25) is 4.90 Å². The molecule has 0 unspecified atom stereocenters. The molecule has 3 rings (SSSR count). The van der Waals surface area contributed by atoms with E-state index in [1.807, 2.05) is 0 Å². The van der Waals surface area contributed by atoms with Gasteiger partial charge in [-0.25, -0.2) is 0 Å². The summed E-state index contributed by atoms with van der Waals surface area (Å²) in [7, 11) is 2.17. The highest BCUT2D eigenvalue weighted by Crippen LogP contribution is 2.32. The van der Waals surface area contributed by atoms with Crippen LogP contribution < -0.4 is 4.74 Å². The van der Waals surface area contributed by atoms with Crippen LogP contribution in [0.2, 0.25) is 0 Å². The van der Waals surface area contributed by atoms with Gasteiger partial charge in [0.05, 0.1) is 6.10 Å². The van der Waals surface area contributed by atoms with E-state index in [-0.39, 0.29) is 0 Å². The third-order valence-electron chi connectivity index (χ3n) is 3.69. The molecule has 1 saturated carbocycles. The van der Waals surface area contributed by atoms with Crippen LogP contribution in [0.1, 0.15) is 36.8 Å². The third kappa shape index (κ3) is 1.82. The predicted molar refractivity (Wildman–Crippen MR) is 64.5 cm³/mol. The zero-order chi connectivity index (χ0) is 11.0. The van der Waals surface area contributed by atoms with E-state index < -0.39 is 0 Å². The van der Waals surface area contributed by atoms with Crippen molar-refractivity contribution in [1.82, 2.24) is 4.90 Å². The first-order valence-electron chi connectivity index (χ1n) is 6.29. The normalized spacial score (nSPS) is 21.3. The van der Waals surface area contributed by atoms with E-state index in [1.165, 1.54) is 36.8 Å². The van der Waals surface area contributed by atoms with Crippen molar-refractivity contribution >= 4 is 0 Å². The van der Waals surface area contributed by atoms with Gasteiger partial charge in [0.1, 0.15) is 5.75 Å². The van der Waals surface area contributed by atoms with Crippen LogP contribution in [0.3, 0.4) is 0 Å². The third-order valence-corrected chi connectivity index (χ3v) is 3.69. The second-order valence-electron chi connectivity index (χ2n) is 5.09. The fourth-order valence-electron chi connectivity index (χ4n) is 2.85. The molecule has 0 spiro atoms. The first-order valence-corrected chi connectivity index (χ1v) is 6.29. The summed E-state index contributed by atoms with van der Waals surface area (Å²) in [6.45, 7) is 2.11. The highest BCUT2D eigenvalue weighted by atomic mass is 16.5. The Balaban J connectivity index is 1.82. The average molecular weight is 217 g/mol. The minimum Gasteiger partial charge on any atom is -0.490 e. The molecule has 1 fully saturated rings. The SMILES string of the molecule is CN1Cc2cccc(OC3CCCC3)c2C1. The molecule has 0 atom stereocenters. The van der Waals surface area contributed by atoms with Gasteiger partial charge in [0.2, 0.25) is 0 Å². The summed E-state index contributed by atoms with van der Waals surface area (Å²) in [6.07, 6.45) is 5.61. The van der Waals surface area contributed by atoms with E-state index in [0.29, 0.717) is 6.10 Å². The Morgan fingerprint density at radius 1 is 1.19 bits per heavy atom. The zero-order valence-electron chi connectivity index (χ0n) is 9.91. The lowest BCUT2D eigenvalue weighted by Gasteiger charge is -2.16. The van der Waals surface area contributed by atoms with Crippen LogP contribution in [0, 0.1) is 0 Å².